The average molecular weight is 376 g/mol. The molecule has 0 bridgehead atoms. The summed E-state index contributed by atoms with van der Waals surface area (Å²) in [7, 11) is -3.05. The van der Waals surface area contributed by atoms with Crippen LogP contribution in [0.3, 0.4) is 0 Å². The van der Waals surface area contributed by atoms with Crippen LogP contribution in [0.15, 0.2) is 35.9 Å². The van der Waals surface area contributed by atoms with Gasteiger partial charge in [0.05, 0.1) is 17.4 Å². The van der Waals surface area contributed by atoms with Crippen molar-refractivity contribution in [2.45, 2.75) is 52.0 Å². The van der Waals surface area contributed by atoms with Gasteiger partial charge in [0.1, 0.15) is 0 Å². The van der Waals surface area contributed by atoms with E-state index in [1.165, 1.54) is 24.0 Å². The van der Waals surface area contributed by atoms with Crippen LogP contribution >= 0.6 is 0 Å². The Bertz CT molecular complexity index is 765. The summed E-state index contributed by atoms with van der Waals surface area (Å²) in [5, 5.41) is 0. The first-order valence-electron chi connectivity index (χ1n) is 9.65. The van der Waals surface area contributed by atoms with Gasteiger partial charge in [0, 0.05) is 13.1 Å². The van der Waals surface area contributed by atoms with Crippen molar-refractivity contribution in [2.75, 3.05) is 18.1 Å². The molecule has 5 heteroatoms. The van der Waals surface area contributed by atoms with Crippen molar-refractivity contribution in [3.63, 3.8) is 0 Å². The summed E-state index contributed by atoms with van der Waals surface area (Å²) in [5.41, 5.74) is 3.74. The van der Waals surface area contributed by atoms with E-state index in [9.17, 15) is 13.2 Å². The predicted octanol–water partition coefficient (Wildman–Crippen LogP) is 3.65. The normalized spacial score (nSPS) is 22.0. The van der Waals surface area contributed by atoms with Gasteiger partial charge in [-0.2, -0.15) is 0 Å². The van der Waals surface area contributed by atoms with E-state index in [1.807, 2.05) is 11.8 Å². The highest BCUT2D eigenvalue weighted by molar-refractivity contribution is 7.91. The van der Waals surface area contributed by atoms with Gasteiger partial charge < -0.3 is 4.90 Å². The molecular formula is C21H29NO3S. The van der Waals surface area contributed by atoms with Gasteiger partial charge in [-0.05, 0) is 51.0 Å². The number of carbonyl (C=O) groups is 1. The van der Waals surface area contributed by atoms with E-state index in [0.29, 0.717) is 19.5 Å². The Morgan fingerprint density at radius 1 is 1.19 bits per heavy atom. The molecule has 1 atom stereocenters. The van der Waals surface area contributed by atoms with Gasteiger partial charge in [-0.15, -0.1) is 0 Å². The molecular weight excluding hydrogens is 346 g/mol. The Morgan fingerprint density at radius 2 is 1.96 bits per heavy atom. The number of allylic oxidation sites excluding steroid dienone is 1. The molecule has 0 radical (unpaired) electrons. The van der Waals surface area contributed by atoms with Crippen LogP contribution in [0.25, 0.3) is 0 Å². The maximum absolute atomic E-state index is 13.0. The van der Waals surface area contributed by atoms with Crippen LogP contribution in [-0.4, -0.2) is 37.3 Å². The number of benzene rings is 1. The summed E-state index contributed by atoms with van der Waals surface area (Å²) in [4.78, 5) is 14.9. The van der Waals surface area contributed by atoms with Gasteiger partial charge in [-0.3, -0.25) is 4.79 Å². The van der Waals surface area contributed by atoms with Crippen LogP contribution in [0.5, 0.6) is 0 Å². The van der Waals surface area contributed by atoms with Crippen molar-refractivity contribution in [3.8, 4) is 0 Å². The van der Waals surface area contributed by atoms with Crippen LogP contribution < -0.4 is 0 Å². The molecule has 1 aromatic rings. The topological polar surface area (TPSA) is 54.5 Å². The molecule has 0 spiro atoms. The molecule has 0 N–H and O–H groups in total. The summed E-state index contributed by atoms with van der Waals surface area (Å²) < 4.78 is 23.6. The molecule has 1 aliphatic carbocycles. The lowest BCUT2D eigenvalue weighted by Gasteiger charge is -2.26. The Morgan fingerprint density at radius 3 is 2.58 bits per heavy atom. The summed E-state index contributed by atoms with van der Waals surface area (Å²) >= 11 is 0. The number of amides is 1. The summed E-state index contributed by atoms with van der Waals surface area (Å²) in [6.07, 6.45) is 8.45. The molecule has 1 aromatic carbocycles. The quantitative estimate of drug-likeness (QED) is 0.713. The van der Waals surface area contributed by atoms with Crippen molar-refractivity contribution in [2.24, 2.45) is 5.92 Å². The fraction of sp³-hybridized carbons (Fsp3) is 0.571. The summed E-state index contributed by atoms with van der Waals surface area (Å²) in [6.45, 7) is 3.28. The van der Waals surface area contributed by atoms with Crippen LogP contribution in [0, 0.1) is 12.8 Å². The first-order chi connectivity index (χ1) is 12.4. The van der Waals surface area contributed by atoms with E-state index in [4.69, 9.17) is 0 Å². The van der Waals surface area contributed by atoms with Crippen molar-refractivity contribution in [1.29, 1.82) is 0 Å². The minimum atomic E-state index is -3.05. The zero-order chi connectivity index (χ0) is 18.6. The lowest BCUT2D eigenvalue weighted by atomic mass is 9.96. The molecule has 142 valence electrons. The second-order valence-corrected chi connectivity index (χ2v) is 9.93. The fourth-order valence-electron chi connectivity index (χ4n) is 3.84. The Kier molecular flexibility index (Phi) is 6.17. The summed E-state index contributed by atoms with van der Waals surface area (Å²) in [5.74, 6) is -0.208. The highest BCUT2D eigenvalue weighted by Crippen LogP contribution is 2.24. The van der Waals surface area contributed by atoms with E-state index in [2.05, 4.69) is 30.3 Å². The molecule has 0 aromatic heterocycles. The molecule has 3 rings (SSSR count). The smallest absolute Gasteiger partial charge is 0.227 e. The van der Waals surface area contributed by atoms with Gasteiger partial charge in [0.15, 0.2) is 9.84 Å². The van der Waals surface area contributed by atoms with Crippen LogP contribution in [-0.2, 0) is 21.2 Å². The van der Waals surface area contributed by atoms with Gasteiger partial charge >= 0.3 is 0 Å². The van der Waals surface area contributed by atoms with Crippen molar-refractivity contribution < 1.29 is 13.2 Å². The second kappa shape index (κ2) is 8.38. The highest BCUT2D eigenvalue weighted by atomic mass is 32.2. The molecule has 1 aliphatic heterocycles. The third-order valence-corrected chi connectivity index (χ3v) is 7.24. The van der Waals surface area contributed by atoms with E-state index < -0.39 is 9.84 Å². The molecule has 0 unspecified atom stereocenters. The predicted molar refractivity (Wildman–Crippen MR) is 105 cm³/mol. The van der Waals surface area contributed by atoms with Crippen LogP contribution in [0.4, 0.5) is 0 Å². The zero-order valence-electron chi connectivity index (χ0n) is 15.6. The molecule has 26 heavy (non-hydrogen) atoms. The van der Waals surface area contributed by atoms with Crippen molar-refractivity contribution in [1.82, 2.24) is 4.90 Å². The minimum Gasteiger partial charge on any atom is -0.338 e. The SMILES string of the molecule is Cc1ccc(CN(CCC2=CCCCC2)C(=O)[C@@H]2CCS(=O)(=O)C2)cc1. The average Bonchev–Trinajstić information content (AvgIpc) is 3.00. The Hall–Kier alpha value is -1.62. The summed E-state index contributed by atoms with van der Waals surface area (Å²) in [6, 6.07) is 8.23. The third kappa shape index (κ3) is 5.19. The van der Waals surface area contributed by atoms with Gasteiger partial charge in [-0.25, -0.2) is 8.42 Å². The molecule has 1 amide bonds. The molecule has 0 saturated carbocycles. The van der Waals surface area contributed by atoms with Crippen LogP contribution in [0.2, 0.25) is 0 Å². The molecule has 4 nitrogen and oxygen atoms in total. The van der Waals surface area contributed by atoms with Crippen LogP contribution in [0.1, 0.15) is 49.7 Å². The van der Waals surface area contributed by atoms with Gasteiger partial charge in [-0.1, -0.05) is 41.5 Å². The Labute approximate surface area is 157 Å². The fourth-order valence-corrected chi connectivity index (χ4v) is 5.57. The van der Waals surface area contributed by atoms with Crippen molar-refractivity contribution >= 4 is 15.7 Å². The van der Waals surface area contributed by atoms with E-state index in [0.717, 1.165) is 24.8 Å². The zero-order valence-corrected chi connectivity index (χ0v) is 16.4. The third-order valence-electron chi connectivity index (χ3n) is 5.48. The number of rotatable bonds is 6. The molecule has 1 heterocycles. The second-order valence-electron chi connectivity index (χ2n) is 7.70. The lowest BCUT2D eigenvalue weighted by Crippen LogP contribution is -2.37. The maximum Gasteiger partial charge on any atom is 0.227 e. The number of carbonyl (C=O) groups excluding carboxylic acids is 1. The molecule has 1 saturated heterocycles. The number of hydrogen-bond acceptors (Lipinski definition) is 3. The largest absolute Gasteiger partial charge is 0.338 e. The minimum absolute atomic E-state index is 0.00283. The van der Waals surface area contributed by atoms with E-state index in [1.54, 1.807) is 0 Å². The standard InChI is InChI=1S/C21H29NO3S/c1-17-7-9-19(10-8-17)15-22(13-11-18-5-3-2-4-6-18)21(23)20-12-14-26(24,25)16-20/h5,7-10,20H,2-4,6,11-16H2,1H3/t20-/m1/s1. The number of hydrogen-bond donors (Lipinski definition) is 0. The number of aryl methyl sites for hydroxylation is 1. The monoisotopic (exact) mass is 375 g/mol. The highest BCUT2D eigenvalue weighted by Gasteiger charge is 2.35. The lowest BCUT2D eigenvalue weighted by molar-refractivity contribution is -0.135. The Balaban J connectivity index is 1.70. The van der Waals surface area contributed by atoms with E-state index >= 15 is 0 Å². The molecule has 2 aliphatic rings. The number of sulfone groups is 1. The van der Waals surface area contributed by atoms with Gasteiger partial charge in [0.2, 0.25) is 5.91 Å². The number of nitrogens with zero attached hydrogens (tertiary/aromatic N) is 1. The first kappa shape index (κ1) is 19.2. The first-order valence-corrected chi connectivity index (χ1v) is 11.5. The maximum atomic E-state index is 13.0. The van der Waals surface area contributed by atoms with E-state index in [-0.39, 0.29) is 23.3 Å². The van der Waals surface area contributed by atoms with Gasteiger partial charge in [0.25, 0.3) is 0 Å². The van der Waals surface area contributed by atoms with Crippen molar-refractivity contribution in [3.05, 3.63) is 47.0 Å². The molecule has 1 fully saturated rings.